The van der Waals surface area contributed by atoms with E-state index in [-0.39, 0.29) is 12.5 Å². The largest absolute Gasteiger partial charge is 0.381 e. The highest BCUT2D eigenvalue weighted by Crippen LogP contribution is 2.29. The Morgan fingerprint density at radius 1 is 1.35 bits per heavy atom. The van der Waals surface area contributed by atoms with Crippen LogP contribution in [0.3, 0.4) is 0 Å². The standard InChI is InChI=1S/C17H21ClN2O3/c1-12(13-4-2-3-5-14(13)18)10-15(21)20-11-17(16(19)22)6-8-23-9-7-17/h2-5,10H,6-9,11H2,1H3,(H2,19,22)(H,20,21)/b12-10-. The second-order valence-corrected chi connectivity index (χ2v) is 6.19. The van der Waals surface area contributed by atoms with Crippen LogP contribution in [0.2, 0.25) is 5.02 Å². The van der Waals surface area contributed by atoms with Crippen molar-refractivity contribution in [3.05, 3.63) is 40.9 Å². The first-order chi connectivity index (χ1) is 10.9. The molecule has 3 N–H and O–H groups in total. The minimum absolute atomic E-state index is 0.219. The summed E-state index contributed by atoms with van der Waals surface area (Å²) in [7, 11) is 0. The van der Waals surface area contributed by atoms with Gasteiger partial charge in [-0.15, -0.1) is 0 Å². The summed E-state index contributed by atoms with van der Waals surface area (Å²) >= 11 is 6.12. The fraction of sp³-hybridized carbons (Fsp3) is 0.412. The number of hydrogen-bond donors (Lipinski definition) is 2. The van der Waals surface area contributed by atoms with Crippen LogP contribution in [-0.4, -0.2) is 31.6 Å². The molecule has 1 heterocycles. The van der Waals surface area contributed by atoms with Gasteiger partial charge in [-0.2, -0.15) is 0 Å². The van der Waals surface area contributed by atoms with Crippen molar-refractivity contribution in [2.24, 2.45) is 11.1 Å². The van der Waals surface area contributed by atoms with Crippen molar-refractivity contribution < 1.29 is 14.3 Å². The Kier molecular flexibility index (Phi) is 5.80. The summed E-state index contributed by atoms with van der Waals surface area (Å²) in [6.45, 7) is 3.00. The molecule has 1 aliphatic heterocycles. The van der Waals surface area contributed by atoms with Crippen molar-refractivity contribution in [3.63, 3.8) is 0 Å². The molecule has 1 aromatic rings. The van der Waals surface area contributed by atoms with E-state index in [0.717, 1.165) is 11.1 Å². The lowest BCUT2D eigenvalue weighted by atomic mass is 9.79. The van der Waals surface area contributed by atoms with Crippen LogP contribution in [-0.2, 0) is 14.3 Å². The molecule has 1 fully saturated rings. The third-order valence-electron chi connectivity index (χ3n) is 4.22. The molecule has 0 saturated carbocycles. The molecule has 2 amide bonds. The summed E-state index contributed by atoms with van der Waals surface area (Å²) in [4.78, 5) is 23.9. The maximum absolute atomic E-state index is 12.1. The van der Waals surface area contributed by atoms with Gasteiger partial charge in [-0.1, -0.05) is 29.8 Å². The van der Waals surface area contributed by atoms with Crippen molar-refractivity contribution in [1.29, 1.82) is 0 Å². The Morgan fingerprint density at radius 3 is 2.61 bits per heavy atom. The van der Waals surface area contributed by atoms with Crippen LogP contribution in [0, 0.1) is 5.41 Å². The number of nitrogens with two attached hydrogens (primary N) is 1. The number of carbonyl (C=O) groups excluding carboxylic acids is 2. The quantitative estimate of drug-likeness (QED) is 0.808. The van der Waals surface area contributed by atoms with Crippen LogP contribution >= 0.6 is 11.6 Å². The highest BCUT2D eigenvalue weighted by Gasteiger charge is 2.38. The molecule has 0 atom stereocenters. The molecule has 124 valence electrons. The number of primary amides is 1. The van der Waals surface area contributed by atoms with Gasteiger partial charge in [0, 0.05) is 30.9 Å². The normalized spacial score (nSPS) is 17.6. The maximum atomic E-state index is 12.1. The third-order valence-corrected chi connectivity index (χ3v) is 4.55. The molecule has 2 rings (SSSR count). The van der Waals surface area contributed by atoms with Crippen molar-refractivity contribution in [3.8, 4) is 0 Å². The lowest BCUT2D eigenvalue weighted by Gasteiger charge is -2.34. The Labute approximate surface area is 140 Å². The molecule has 6 heteroatoms. The number of halogens is 1. The van der Waals surface area contributed by atoms with Crippen LogP contribution in [0.25, 0.3) is 5.57 Å². The van der Waals surface area contributed by atoms with E-state index in [1.54, 1.807) is 6.07 Å². The molecule has 1 aromatic carbocycles. The number of hydrogen-bond acceptors (Lipinski definition) is 3. The number of ether oxygens (including phenoxy) is 1. The van der Waals surface area contributed by atoms with Gasteiger partial charge in [0.1, 0.15) is 0 Å². The smallest absolute Gasteiger partial charge is 0.244 e. The van der Waals surface area contributed by atoms with E-state index in [9.17, 15) is 9.59 Å². The van der Waals surface area contributed by atoms with Gasteiger partial charge in [-0.05, 0) is 37.0 Å². The predicted molar refractivity (Wildman–Crippen MR) is 89.8 cm³/mol. The van der Waals surface area contributed by atoms with E-state index in [0.29, 0.717) is 31.1 Å². The van der Waals surface area contributed by atoms with Crippen molar-refractivity contribution >= 4 is 29.0 Å². The molecular formula is C17H21ClN2O3. The molecule has 1 saturated heterocycles. The number of nitrogens with one attached hydrogen (secondary N) is 1. The number of amides is 2. The fourth-order valence-electron chi connectivity index (χ4n) is 2.64. The zero-order valence-corrected chi connectivity index (χ0v) is 13.9. The number of carbonyl (C=O) groups is 2. The zero-order valence-electron chi connectivity index (χ0n) is 13.1. The van der Waals surface area contributed by atoms with Crippen LogP contribution < -0.4 is 11.1 Å². The molecule has 0 bridgehead atoms. The Bertz CT molecular complexity index is 622. The van der Waals surface area contributed by atoms with Crippen LogP contribution in [0.15, 0.2) is 30.3 Å². The van der Waals surface area contributed by atoms with Crippen molar-refractivity contribution in [1.82, 2.24) is 5.32 Å². The van der Waals surface area contributed by atoms with E-state index in [1.165, 1.54) is 6.08 Å². The Morgan fingerprint density at radius 2 is 2.00 bits per heavy atom. The summed E-state index contributed by atoms with van der Waals surface area (Å²) in [5, 5.41) is 3.37. The van der Waals surface area contributed by atoms with Gasteiger partial charge in [0.25, 0.3) is 0 Å². The fourth-order valence-corrected chi connectivity index (χ4v) is 2.92. The van der Waals surface area contributed by atoms with Gasteiger partial charge in [0.2, 0.25) is 11.8 Å². The summed E-state index contributed by atoms with van der Waals surface area (Å²) in [6.07, 6.45) is 2.53. The maximum Gasteiger partial charge on any atom is 0.244 e. The van der Waals surface area contributed by atoms with Gasteiger partial charge < -0.3 is 15.8 Å². The Hall–Kier alpha value is -1.85. The molecule has 0 radical (unpaired) electrons. The first-order valence-corrected chi connectivity index (χ1v) is 7.91. The Balaban J connectivity index is 2.03. The summed E-state index contributed by atoms with van der Waals surface area (Å²) < 4.78 is 5.27. The number of rotatable bonds is 5. The van der Waals surface area contributed by atoms with Gasteiger partial charge in [-0.3, -0.25) is 9.59 Å². The van der Waals surface area contributed by atoms with Gasteiger partial charge >= 0.3 is 0 Å². The monoisotopic (exact) mass is 336 g/mol. The van der Waals surface area contributed by atoms with E-state index >= 15 is 0 Å². The average molecular weight is 337 g/mol. The molecule has 0 aromatic heterocycles. The number of allylic oxidation sites excluding steroid dienone is 1. The molecular weight excluding hydrogens is 316 g/mol. The minimum Gasteiger partial charge on any atom is -0.381 e. The van der Waals surface area contributed by atoms with Gasteiger partial charge in [0.05, 0.1) is 5.41 Å². The molecule has 0 aliphatic carbocycles. The highest BCUT2D eigenvalue weighted by atomic mass is 35.5. The highest BCUT2D eigenvalue weighted by molar-refractivity contribution is 6.32. The third kappa shape index (κ3) is 4.33. The topological polar surface area (TPSA) is 81.4 Å². The SMILES string of the molecule is C/C(=C/C(=O)NCC1(C(N)=O)CCOCC1)c1ccccc1Cl. The molecule has 0 spiro atoms. The molecule has 23 heavy (non-hydrogen) atoms. The van der Waals surface area contributed by atoms with Crippen molar-refractivity contribution in [2.75, 3.05) is 19.8 Å². The molecule has 5 nitrogen and oxygen atoms in total. The minimum atomic E-state index is -0.722. The number of benzene rings is 1. The van der Waals surface area contributed by atoms with Gasteiger partial charge in [-0.25, -0.2) is 0 Å². The van der Waals surface area contributed by atoms with Crippen LogP contribution in [0.4, 0.5) is 0 Å². The van der Waals surface area contributed by atoms with E-state index in [2.05, 4.69) is 5.32 Å². The van der Waals surface area contributed by atoms with Gasteiger partial charge in [0.15, 0.2) is 0 Å². The first kappa shape index (κ1) is 17.5. The average Bonchev–Trinajstić information content (AvgIpc) is 2.54. The summed E-state index contributed by atoms with van der Waals surface area (Å²) in [5.41, 5.74) is 6.36. The van der Waals surface area contributed by atoms with Crippen LogP contribution in [0.1, 0.15) is 25.3 Å². The second-order valence-electron chi connectivity index (χ2n) is 5.78. The second kappa shape index (κ2) is 7.62. The summed E-state index contributed by atoms with van der Waals surface area (Å²) in [5.74, 6) is -0.664. The summed E-state index contributed by atoms with van der Waals surface area (Å²) in [6, 6.07) is 7.32. The van der Waals surface area contributed by atoms with Crippen LogP contribution in [0.5, 0.6) is 0 Å². The van der Waals surface area contributed by atoms with E-state index in [1.807, 2.05) is 25.1 Å². The first-order valence-electron chi connectivity index (χ1n) is 7.53. The molecule has 0 unspecified atom stereocenters. The van der Waals surface area contributed by atoms with E-state index in [4.69, 9.17) is 22.1 Å². The van der Waals surface area contributed by atoms with E-state index < -0.39 is 11.3 Å². The lowest BCUT2D eigenvalue weighted by Crippen LogP contribution is -2.49. The molecule has 1 aliphatic rings. The predicted octanol–water partition coefficient (Wildman–Crippen LogP) is 2.14. The van der Waals surface area contributed by atoms with Crippen molar-refractivity contribution in [2.45, 2.75) is 19.8 Å². The zero-order chi connectivity index (χ0) is 16.9. The lowest BCUT2D eigenvalue weighted by molar-refractivity contribution is -0.133.